The summed E-state index contributed by atoms with van der Waals surface area (Å²) in [7, 11) is 0. The number of carbonyl (C=O) groups excluding carboxylic acids is 2. The van der Waals surface area contributed by atoms with Crippen molar-refractivity contribution in [3.8, 4) is 5.75 Å². The second-order valence-electron chi connectivity index (χ2n) is 6.73. The smallest absolute Gasteiger partial charge is 0.248 e. The first kappa shape index (κ1) is 18.3. The molecular formula is C17H20Cl2N2O4. The topological polar surface area (TPSA) is 81.1 Å². The molecule has 2 aliphatic rings. The number of phenols is 1. The molecule has 1 aromatic carbocycles. The lowest BCUT2D eigenvalue weighted by atomic mass is 9.95. The van der Waals surface area contributed by atoms with Crippen LogP contribution < -0.4 is 0 Å². The van der Waals surface area contributed by atoms with E-state index in [-0.39, 0.29) is 35.4 Å². The van der Waals surface area contributed by atoms with Crippen molar-refractivity contribution >= 4 is 35.0 Å². The van der Waals surface area contributed by atoms with Gasteiger partial charge in [0.1, 0.15) is 12.4 Å². The number of amides is 2. The number of halogens is 2. The van der Waals surface area contributed by atoms with Crippen molar-refractivity contribution in [3.63, 3.8) is 0 Å². The predicted octanol–water partition coefficient (Wildman–Crippen LogP) is 1.85. The van der Waals surface area contributed by atoms with Crippen LogP contribution in [0.5, 0.6) is 5.75 Å². The highest BCUT2D eigenvalue weighted by Gasteiger charge is 2.43. The van der Waals surface area contributed by atoms with Gasteiger partial charge in [0.2, 0.25) is 11.8 Å². The van der Waals surface area contributed by atoms with E-state index in [4.69, 9.17) is 28.3 Å². The van der Waals surface area contributed by atoms with Gasteiger partial charge in [0.05, 0.1) is 16.0 Å². The third kappa shape index (κ3) is 3.30. The largest absolute Gasteiger partial charge is 0.508 e. The average molecular weight is 387 g/mol. The van der Waals surface area contributed by atoms with Crippen molar-refractivity contribution in [2.75, 3.05) is 26.2 Å². The van der Waals surface area contributed by atoms with Crippen molar-refractivity contribution in [3.05, 3.63) is 27.7 Å². The number of carbonyl (C=O) groups is 2. The zero-order valence-electron chi connectivity index (χ0n) is 13.8. The van der Waals surface area contributed by atoms with Crippen molar-refractivity contribution in [2.24, 2.45) is 5.92 Å². The molecule has 0 aromatic heterocycles. The summed E-state index contributed by atoms with van der Waals surface area (Å²) < 4.78 is 0. The van der Waals surface area contributed by atoms with Crippen LogP contribution >= 0.6 is 23.2 Å². The molecule has 0 radical (unpaired) electrons. The minimum Gasteiger partial charge on any atom is -0.508 e. The highest BCUT2D eigenvalue weighted by Crippen LogP contribution is 2.43. The van der Waals surface area contributed by atoms with Gasteiger partial charge in [0.25, 0.3) is 0 Å². The van der Waals surface area contributed by atoms with Gasteiger partial charge < -0.3 is 20.0 Å². The second kappa shape index (κ2) is 7.02. The van der Waals surface area contributed by atoms with Crippen molar-refractivity contribution in [1.29, 1.82) is 0 Å². The van der Waals surface area contributed by atoms with Crippen LogP contribution in [0.25, 0.3) is 0 Å². The molecule has 25 heavy (non-hydrogen) atoms. The van der Waals surface area contributed by atoms with Gasteiger partial charge in [-0.05, 0) is 18.6 Å². The van der Waals surface area contributed by atoms with Gasteiger partial charge in [0.15, 0.2) is 0 Å². The van der Waals surface area contributed by atoms with E-state index >= 15 is 0 Å². The summed E-state index contributed by atoms with van der Waals surface area (Å²) in [6.45, 7) is 2.30. The molecule has 6 nitrogen and oxygen atoms in total. The Kier molecular flexibility index (Phi) is 5.14. The third-order valence-electron chi connectivity index (χ3n) is 5.05. The first-order valence-corrected chi connectivity index (χ1v) is 8.95. The summed E-state index contributed by atoms with van der Waals surface area (Å²) in [4.78, 5) is 27.9. The van der Waals surface area contributed by atoms with E-state index in [9.17, 15) is 14.7 Å². The SMILES string of the molecule is CC1CN(C(=O)CO)C[C@@H]2C[C@H](c3c(O)ccc(Cl)c3Cl)CN2C1=O. The predicted molar refractivity (Wildman–Crippen MR) is 93.8 cm³/mol. The summed E-state index contributed by atoms with van der Waals surface area (Å²) in [6, 6.07) is 2.86. The maximum atomic E-state index is 12.7. The standard InChI is InChI=1S/C17H20Cl2N2O4/c1-9-5-20(14(24)8-22)7-11-4-10(6-21(11)17(9)25)15-13(23)3-2-12(18)16(15)19/h2-3,9-11,22-23H,4-8H2,1H3/t9?,10-,11-/m0/s1. The number of nitrogens with zero attached hydrogens (tertiary/aromatic N) is 2. The molecule has 136 valence electrons. The van der Waals surface area contributed by atoms with Gasteiger partial charge in [-0.25, -0.2) is 0 Å². The molecule has 1 unspecified atom stereocenters. The van der Waals surface area contributed by atoms with E-state index in [2.05, 4.69) is 0 Å². The Morgan fingerprint density at radius 2 is 2.00 bits per heavy atom. The summed E-state index contributed by atoms with van der Waals surface area (Å²) in [5.41, 5.74) is 0.544. The molecule has 2 saturated heterocycles. The van der Waals surface area contributed by atoms with Crippen LogP contribution in [0.4, 0.5) is 0 Å². The lowest BCUT2D eigenvalue weighted by Crippen LogP contribution is -2.41. The number of benzene rings is 1. The Bertz CT molecular complexity index is 712. The lowest BCUT2D eigenvalue weighted by Gasteiger charge is -2.25. The molecule has 2 heterocycles. The Balaban J connectivity index is 1.90. The molecule has 0 saturated carbocycles. The van der Waals surface area contributed by atoms with Gasteiger partial charge >= 0.3 is 0 Å². The average Bonchev–Trinajstić information content (AvgIpc) is 2.95. The van der Waals surface area contributed by atoms with Crippen LogP contribution in [0.15, 0.2) is 12.1 Å². The molecule has 0 bridgehead atoms. The van der Waals surface area contributed by atoms with Crippen LogP contribution in [0.2, 0.25) is 10.0 Å². The quantitative estimate of drug-likeness (QED) is 0.812. The van der Waals surface area contributed by atoms with Crippen LogP contribution in [-0.4, -0.2) is 64.1 Å². The third-order valence-corrected chi connectivity index (χ3v) is 5.87. The number of aliphatic hydroxyl groups excluding tert-OH is 1. The first-order chi connectivity index (χ1) is 11.8. The van der Waals surface area contributed by atoms with Crippen molar-refractivity contribution in [1.82, 2.24) is 9.80 Å². The van der Waals surface area contributed by atoms with Crippen molar-refractivity contribution < 1.29 is 19.8 Å². The molecule has 3 atom stereocenters. The molecule has 1 aromatic rings. The van der Waals surface area contributed by atoms with Crippen LogP contribution in [-0.2, 0) is 9.59 Å². The van der Waals surface area contributed by atoms with Gasteiger partial charge in [0, 0.05) is 37.2 Å². The fourth-order valence-corrected chi connectivity index (χ4v) is 4.32. The first-order valence-electron chi connectivity index (χ1n) is 8.19. The summed E-state index contributed by atoms with van der Waals surface area (Å²) in [5.74, 6) is -0.855. The molecule has 0 aliphatic carbocycles. The van der Waals surface area contributed by atoms with Gasteiger partial charge in [-0.2, -0.15) is 0 Å². The van der Waals surface area contributed by atoms with E-state index in [0.717, 1.165) is 0 Å². The summed E-state index contributed by atoms with van der Waals surface area (Å²) in [6.07, 6.45) is 0.571. The van der Waals surface area contributed by atoms with E-state index in [1.165, 1.54) is 17.0 Å². The fourth-order valence-electron chi connectivity index (χ4n) is 3.84. The number of hydrogen-bond donors (Lipinski definition) is 2. The Labute approximate surface area is 155 Å². The maximum absolute atomic E-state index is 12.7. The van der Waals surface area contributed by atoms with Gasteiger partial charge in [-0.3, -0.25) is 9.59 Å². The van der Waals surface area contributed by atoms with Gasteiger partial charge in [-0.1, -0.05) is 30.1 Å². The second-order valence-corrected chi connectivity index (χ2v) is 7.51. The van der Waals surface area contributed by atoms with Crippen molar-refractivity contribution in [2.45, 2.75) is 25.3 Å². The highest BCUT2D eigenvalue weighted by atomic mass is 35.5. The number of rotatable bonds is 2. The van der Waals surface area contributed by atoms with E-state index < -0.39 is 6.61 Å². The van der Waals surface area contributed by atoms with E-state index in [0.29, 0.717) is 41.7 Å². The minimum atomic E-state index is -0.571. The number of aromatic hydroxyl groups is 1. The molecule has 2 fully saturated rings. The molecule has 2 amide bonds. The lowest BCUT2D eigenvalue weighted by molar-refractivity contribution is -0.135. The molecule has 8 heteroatoms. The zero-order valence-corrected chi connectivity index (χ0v) is 15.3. The van der Waals surface area contributed by atoms with Crippen LogP contribution in [0.3, 0.4) is 0 Å². The summed E-state index contributed by atoms with van der Waals surface area (Å²) in [5, 5.41) is 20.0. The number of phenolic OH excluding ortho intramolecular Hbond substituents is 1. The monoisotopic (exact) mass is 386 g/mol. The number of aliphatic hydroxyl groups is 1. The zero-order chi connectivity index (χ0) is 18.3. The maximum Gasteiger partial charge on any atom is 0.248 e. The van der Waals surface area contributed by atoms with E-state index in [1.807, 2.05) is 0 Å². The van der Waals surface area contributed by atoms with Crippen LogP contribution in [0.1, 0.15) is 24.8 Å². The Morgan fingerprint density at radius 1 is 1.28 bits per heavy atom. The number of hydrogen-bond acceptors (Lipinski definition) is 4. The molecule has 2 N–H and O–H groups in total. The normalized spacial score (nSPS) is 26.6. The Hall–Kier alpha value is -1.50. The number of fused-ring (bicyclic) bond motifs is 1. The van der Waals surface area contributed by atoms with Crippen LogP contribution in [0, 0.1) is 5.92 Å². The molecule has 3 rings (SSSR count). The van der Waals surface area contributed by atoms with E-state index in [1.54, 1.807) is 11.8 Å². The minimum absolute atomic E-state index is 0.0293. The fraction of sp³-hybridized carbons (Fsp3) is 0.529. The Morgan fingerprint density at radius 3 is 2.68 bits per heavy atom. The molecule has 0 spiro atoms. The highest BCUT2D eigenvalue weighted by molar-refractivity contribution is 6.42. The van der Waals surface area contributed by atoms with Gasteiger partial charge in [-0.15, -0.1) is 0 Å². The molecular weight excluding hydrogens is 367 g/mol. The molecule has 2 aliphatic heterocycles. The summed E-state index contributed by atoms with van der Waals surface area (Å²) >= 11 is 12.4.